The van der Waals surface area contributed by atoms with Gasteiger partial charge in [0.2, 0.25) is 0 Å². The van der Waals surface area contributed by atoms with Crippen molar-refractivity contribution >= 4 is 0 Å². The van der Waals surface area contributed by atoms with Crippen LogP contribution in [-0.4, -0.2) is 10.2 Å². The van der Waals surface area contributed by atoms with E-state index in [1.807, 2.05) is 49.4 Å². The van der Waals surface area contributed by atoms with Crippen LogP contribution in [-0.2, 0) is 11.8 Å². The smallest absolute Gasteiger partial charge is 0.123 e. The van der Waals surface area contributed by atoms with Crippen LogP contribution in [0.2, 0.25) is 0 Å². The molecule has 2 nitrogen and oxygen atoms in total. The fourth-order valence-electron chi connectivity index (χ4n) is 3.28. The van der Waals surface area contributed by atoms with Gasteiger partial charge in [0, 0.05) is 11.1 Å². The first-order valence-corrected chi connectivity index (χ1v) is 8.54. The van der Waals surface area contributed by atoms with Crippen molar-refractivity contribution in [3.63, 3.8) is 0 Å². The van der Waals surface area contributed by atoms with Gasteiger partial charge in [-0.3, -0.25) is 0 Å². The van der Waals surface area contributed by atoms with Gasteiger partial charge in [0.05, 0.1) is 0 Å². The highest BCUT2D eigenvalue weighted by atomic mass is 16.3. The second-order valence-corrected chi connectivity index (χ2v) is 7.30. The summed E-state index contributed by atoms with van der Waals surface area (Å²) in [5.41, 5.74) is 4.36. The largest absolute Gasteiger partial charge is 0.508 e. The van der Waals surface area contributed by atoms with Crippen LogP contribution in [0.4, 0.5) is 0 Å². The molecule has 0 aromatic heterocycles. The predicted molar refractivity (Wildman–Crippen MR) is 103 cm³/mol. The molecule has 0 amide bonds. The van der Waals surface area contributed by atoms with Gasteiger partial charge < -0.3 is 10.2 Å². The highest BCUT2D eigenvalue weighted by Crippen LogP contribution is 2.41. The molecule has 128 valence electrons. The minimum Gasteiger partial charge on any atom is -0.508 e. The van der Waals surface area contributed by atoms with Gasteiger partial charge in [-0.25, -0.2) is 0 Å². The number of phenols is 2. The van der Waals surface area contributed by atoms with E-state index in [1.165, 1.54) is 5.56 Å². The van der Waals surface area contributed by atoms with Crippen LogP contribution in [0.25, 0.3) is 11.1 Å². The summed E-state index contributed by atoms with van der Waals surface area (Å²) >= 11 is 0. The molecule has 0 saturated carbocycles. The molecule has 0 saturated heterocycles. The minimum absolute atomic E-state index is 0.192. The van der Waals surface area contributed by atoms with Gasteiger partial charge in [0.25, 0.3) is 0 Å². The van der Waals surface area contributed by atoms with Crippen LogP contribution in [0.5, 0.6) is 11.5 Å². The zero-order valence-electron chi connectivity index (χ0n) is 15.0. The van der Waals surface area contributed by atoms with Crippen molar-refractivity contribution in [1.29, 1.82) is 0 Å². The highest BCUT2D eigenvalue weighted by molar-refractivity contribution is 5.73. The van der Waals surface area contributed by atoms with Crippen molar-refractivity contribution in [2.75, 3.05) is 0 Å². The number of benzene rings is 3. The maximum absolute atomic E-state index is 10.6. The second-order valence-electron chi connectivity index (χ2n) is 7.30. The van der Waals surface area contributed by atoms with E-state index in [1.54, 1.807) is 12.1 Å². The van der Waals surface area contributed by atoms with Gasteiger partial charge in [-0.15, -0.1) is 0 Å². The van der Waals surface area contributed by atoms with E-state index in [0.717, 1.165) is 23.1 Å². The fourth-order valence-corrected chi connectivity index (χ4v) is 3.28. The summed E-state index contributed by atoms with van der Waals surface area (Å²) in [6.07, 6.45) is 0.782. The maximum Gasteiger partial charge on any atom is 0.123 e. The summed E-state index contributed by atoms with van der Waals surface area (Å²) in [5, 5.41) is 21.2. The van der Waals surface area contributed by atoms with E-state index < -0.39 is 0 Å². The molecule has 0 fully saturated rings. The summed E-state index contributed by atoms with van der Waals surface area (Å²) in [6.45, 7) is 6.19. The number of aromatic hydroxyl groups is 2. The van der Waals surface area contributed by atoms with Crippen molar-refractivity contribution in [2.45, 2.75) is 32.6 Å². The van der Waals surface area contributed by atoms with Crippen molar-refractivity contribution in [3.8, 4) is 22.6 Å². The van der Waals surface area contributed by atoms with E-state index in [-0.39, 0.29) is 16.9 Å². The molecule has 0 aliphatic heterocycles. The summed E-state index contributed by atoms with van der Waals surface area (Å²) < 4.78 is 0. The molecule has 25 heavy (non-hydrogen) atoms. The van der Waals surface area contributed by atoms with E-state index in [2.05, 4.69) is 26.0 Å². The first-order valence-electron chi connectivity index (χ1n) is 8.54. The quantitative estimate of drug-likeness (QED) is 0.611. The zero-order valence-corrected chi connectivity index (χ0v) is 15.0. The van der Waals surface area contributed by atoms with Gasteiger partial charge in [-0.2, -0.15) is 0 Å². The molecule has 0 heterocycles. The van der Waals surface area contributed by atoms with Crippen LogP contribution in [0, 0.1) is 6.92 Å². The SMILES string of the molecule is Cc1ccc(-c2cc(O)c(C(C)(C)Cc3ccccc3)cc2O)cc1. The van der Waals surface area contributed by atoms with Gasteiger partial charge in [-0.1, -0.05) is 74.0 Å². The number of rotatable bonds is 4. The third kappa shape index (κ3) is 3.69. The zero-order chi connectivity index (χ0) is 18.0. The summed E-state index contributed by atoms with van der Waals surface area (Å²) in [7, 11) is 0. The molecule has 0 spiro atoms. The number of aryl methyl sites for hydroxylation is 1. The Labute approximate surface area is 149 Å². The molecule has 0 atom stereocenters. The molecule has 2 N–H and O–H groups in total. The molecule has 0 unspecified atom stereocenters. The average Bonchev–Trinajstić information content (AvgIpc) is 2.58. The topological polar surface area (TPSA) is 40.5 Å². The van der Waals surface area contributed by atoms with Crippen LogP contribution in [0.15, 0.2) is 66.7 Å². The molecule has 0 bridgehead atoms. The second kappa shape index (κ2) is 6.64. The van der Waals surface area contributed by atoms with Crippen molar-refractivity contribution < 1.29 is 10.2 Å². The number of phenolic OH excluding ortho intramolecular Hbond substituents is 2. The van der Waals surface area contributed by atoms with Gasteiger partial charge in [0.15, 0.2) is 0 Å². The monoisotopic (exact) mass is 332 g/mol. The Morgan fingerprint density at radius 2 is 1.44 bits per heavy atom. The lowest BCUT2D eigenvalue weighted by Crippen LogP contribution is -2.20. The fraction of sp³-hybridized carbons (Fsp3) is 0.217. The summed E-state index contributed by atoms with van der Waals surface area (Å²) in [6, 6.07) is 21.5. The van der Waals surface area contributed by atoms with Crippen molar-refractivity contribution in [1.82, 2.24) is 0 Å². The molecule has 0 radical (unpaired) electrons. The molecule has 3 aromatic carbocycles. The van der Waals surface area contributed by atoms with E-state index in [9.17, 15) is 10.2 Å². The Balaban J connectivity index is 1.98. The van der Waals surface area contributed by atoms with E-state index in [0.29, 0.717) is 5.56 Å². The first kappa shape index (κ1) is 17.1. The van der Waals surface area contributed by atoms with Gasteiger partial charge >= 0.3 is 0 Å². The van der Waals surface area contributed by atoms with Crippen LogP contribution < -0.4 is 0 Å². The lowest BCUT2D eigenvalue weighted by atomic mass is 9.78. The van der Waals surface area contributed by atoms with Crippen LogP contribution in [0.1, 0.15) is 30.5 Å². The third-order valence-electron chi connectivity index (χ3n) is 4.69. The predicted octanol–water partition coefficient (Wildman–Crippen LogP) is 5.59. The van der Waals surface area contributed by atoms with Crippen molar-refractivity contribution in [3.05, 3.63) is 83.4 Å². The standard InChI is InChI=1S/C23H24O2/c1-16-9-11-18(12-10-16)19-13-22(25)20(14-21(19)24)23(2,3)15-17-7-5-4-6-8-17/h4-14,24-25H,15H2,1-3H3. The molecular weight excluding hydrogens is 308 g/mol. The molecular formula is C23H24O2. The third-order valence-corrected chi connectivity index (χ3v) is 4.69. The highest BCUT2D eigenvalue weighted by Gasteiger charge is 2.26. The Hall–Kier alpha value is -2.74. The van der Waals surface area contributed by atoms with Crippen LogP contribution >= 0.6 is 0 Å². The van der Waals surface area contributed by atoms with Gasteiger partial charge in [0.1, 0.15) is 11.5 Å². The Morgan fingerprint density at radius 1 is 0.800 bits per heavy atom. The van der Waals surface area contributed by atoms with Crippen LogP contribution in [0.3, 0.4) is 0 Å². The molecule has 0 aliphatic rings. The normalized spacial score (nSPS) is 11.5. The van der Waals surface area contributed by atoms with E-state index >= 15 is 0 Å². The van der Waals surface area contributed by atoms with Gasteiger partial charge in [-0.05, 0) is 42.0 Å². The summed E-state index contributed by atoms with van der Waals surface area (Å²) in [5.74, 6) is 0.409. The van der Waals surface area contributed by atoms with Crippen molar-refractivity contribution in [2.24, 2.45) is 0 Å². The molecule has 3 rings (SSSR count). The molecule has 3 aromatic rings. The Kier molecular flexibility index (Phi) is 4.54. The lowest BCUT2D eigenvalue weighted by Gasteiger charge is -2.27. The Morgan fingerprint density at radius 3 is 2.08 bits per heavy atom. The average molecular weight is 332 g/mol. The molecule has 0 aliphatic carbocycles. The molecule has 2 heteroatoms. The summed E-state index contributed by atoms with van der Waals surface area (Å²) in [4.78, 5) is 0. The maximum atomic E-state index is 10.6. The lowest BCUT2D eigenvalue weighted by molar-refractivity contribution is 0.424. The Bertz CT molecular complexity index is 863. The number of hydrogen-bond acceptors (Lipinski definition) is 2. The van der Waals surface area contributed by atoms with E-state index in [4.69, 9.17) is 0 Å². The minimum atomic E-state index is -0.297. The first-order chi connectivity index (χ1) is 11.9. The number of hydrogen-bond donors (Lipinski definition) is 2.